The molecule has 0 saturated heterocycles. The molecule has 0 aliphatic rings. The van der Waals surface area contributed by atoms with Gasteiger partial charge in [0.15, 0.2) is 0 Å². The molecule has 0 bridgehead atoms. The smallest absolute Gasteiger partial charge is 0.322 e. The van der Waals surface area contributed by atoms with Crippen LogP contribution in [0.3, 0.4) is 0 Å². The fourth-order valence-electron chi connectivity index (χ4n) is 1.15. The minimum Gasteiger partial charge on any atom is -0.508 e. The van der Waals surface area contributed by atoms with Crippen molar-refractivity contribution < 1.29 is 19.8 Å². The third-order valence-electron chi connectivity index (χ3n) is 1.85. The van der Waals surface area contributed by atoms with Crippen LogP contribution in [-0.4, -0.2) is 28.6 Å². The van der Waals surface area contributed by atoms with Gasteiger partial charge in [0, 0.05) is 5.56 Å². The molecule has 1 aromatic carbocycles. The third kappa shape index (κ3) is 2.98. The zero-order valence-corrected chi connectivity index (χ0v) is 8.15. The summed E-state index contributed by atoms with van der Waals surface area (Å²) in [6.45, 7) is 1.24. The minimum absolute atomic E-state index is 0.0716. The fourth-order valence-corrected chi connectivity index (χ4v) is 1.15. The van der Waals surface area contributed by atoms with E-state index >= 15 is 0 Å². The van der Waals surface area contributed by atoms with Gasteiger partial charge in [-0.1, -0.05) is 0 Å². The van der Waals surface area contributed by atoms with Crippen LogP contribution in [0.4, 0.5) is 0 Å². The summed E-state index contributed by atoms with van der Waals surface area (Å²) in [5.74, 6) is -1.49. The molecule has 1 aromatic rings. The van der Waals surface area contributed by atoms with Crippen LogP contribution in [0.5, 0.6) is 5.75 Å². The molecule has 0 atom stereocenters. The number of aliphatic carboxylic acids is 1. The van der Waals surface area contributed by atoms with Crippen LogP contribution in [0.25, 0.3) is 0 Å². The molecule has 1 amide bonds. The number of hydrogen-bond acceptors (Lipinski definition) is 3. The second-order valence-electron chi connectivity index (χ2n) is 3.08. The van der Waals surface area contributed by atoms with E-state index in [2.05, 4.69) is 5.32 Å². The van der Waals surface area contributed by atoms with Crippen molar-refractivity contribution in [3.05, 3.63) is 29.3 Å². The number of nitrogens with one attached hydrogen (secondary N) is 1. The number of amides is 1. The zero-order chi connectivity index (χ0) is 11.4. The van der Waals surface area contributed by atoms with E-state index in [-0.39, 0.29) is 5.75 Å². The van der Waals surface area contributed by atoms with Crippen molar-refractivity contribution in [1.82, 2.24) is 5.32 Å². The highest BCUT2D eigenvalue weighted by Gasteiger charge is 2.09. The summed E-state index contributed by atoms with van der Waals surface area (Å²) in [7, 11) is 0. The standard InChI is InChI=1S/C10H11NO4/c1-6-4-7(12)2-3-8(6)10(15)11-5-9(13)14/h2-4,12H,5H2,1H3,(H,11,15)(H,13,14). The Morgan fingerprint density at radius 1 is 1.40 bits per heavy atom. The molecule has 5 heteroatoms. The molecular formula is C10H11NO4. The lowest BCUT2D eigenvalue weighted by Crippen LogP contribution is -2.29. The number of phenols is 1. The normalized spacial score (nSPS) is 9.67. The number of benzene rings is 1. The lowest BCUT2D eigenvalue weighted by Gasteiger charge is -2.05. The monoisotopic (exact) mass is 209 g/mol. The predicted octanol–water partition coefficient (Wildman–Crippen LogP) is 0.515. The largest absolute Gasteiger partial charge is 0.508 e. The molecule has 80 valence electrons. The van der Waals surface area contributed by atoms with Crippen LogP contribution in [0.2, 0.25) is 0 Å². The Labute approximate surface area is 86.4 Å². The fraction of sp³-hybridized carbons (Fsp3) is 0.200. The van der Waals surface area contributed by atoms with Gasteiger partial charge in [-0.25, -0.2) is 0 Å². The molecule has 0 saturated carbocycles. The van der Waals surface area contributed by atoms with Crippen molar-refractivity contribution >= 4 is 11.9 Å². The molecule has 0 fully saturated rings. The highest BCUT2D eigenvalue weighted by Crippen LogP contribution is 2.15. The van der Waals surface area contributed by atoms with Gasteiger partial charge in [0.2, 0.25) is 0 Å². The van der Waals surface area contributed by atoms with Gasteiger partial charge in [0.1, 0.15) is 12.3 Å². The van der Waals surface area contributed by atoms with E-state index in [4.69, 9.17) is 10.2 Å². The molecule has 0 aliphatic carbocycles. The first-order valence-electron chi connectivity index (χ1n) is 4.30. The molecule has 0 spiro atoms. The molecule has 0 radical (unpaired) electrons. The van der Waals surface area contributed by atoms with Crippen molar-refractivity contribution in [3.63, 3.8) is 0 Å². The van der Waals surface area contributed by atoms with Gasteiger partial charge in [-0.3, -0.25) is 9.59 Å². The second kappa shape index (κ2) is 4.45. The van der Waals surface area contributed by atoms with Crippen molar-refractivity contribution in [1.29, 1.82) is 0 Å². The maximum Gasteiger partial charge on any atom is 0.322 e. The molecule has 15 heavy (non-hydrogen) atoms. The van der Waals surface area contributed by atoms with Gasteiger partial charge < -0.3 is 15.5 Å². The Morgan fingerprint density at radius 3 is 2.60 bits per heavy atom. The summed E-state index contributed by atoms with van der Waals surface area (Å²) >= 11 is 0. The van der Waals surface area contributed by atoms with E-state index in [0.717, 1.165) is 0 Å². The molecule has 1 rings (SSSR count). The van der Waals surface area contributed by atoms with Crippen LogP contribution >= 0.6 is 0 Å². The van der Waals surface area contributed by atoms with E-state index < -0.39 is 18.4 Å². The molecular weight excluding hydrogens is 198 g/mol. The van der Waals surface area contributed by atoms with Crippen molar-refractivity contribution in [2.24, 2.45) is 0 Å². The average Bonchev–Trinajstić information content (AvgIpc) is 2.14. The maximum absolute atomic E-state index is 11.4. The first-order valence-corrected chi connectivity index (χ1v) is 4.30. The topological polar surface area (TPSA) is 86.6 Å². The molecule has 0 unspecified atom stereocenters. The van der Waals surface area contributed by atoms with Gasteiger partial charge in [-0.2, -0.15) is 0 Å². The summed E-state index contributed by atoms with van der Waals surface area (Å²) in [4.78, 5) is 21.6. The summed E-state index contributed by atoms with van der Waals surface area (Å²) in [6.07, 6.45) is 0. The maximum atomic E-state index is 11.4. The van der Waals surface area contributed by atoms with Gasteiger partial charge in [0.05, 0.1) is 0 Å². The van der Waals surface area contributed by atoms with Crippen LogP contribution in [0.15, 0.2) is 18.2 Å². The Balaban J connectivity index is 2.78. The van der Waals surface area contributed by atoms with Gasteiger partial charge >= 0.3 is 5.97 Å². The quantitative estimate of drug-likeness (QED) is 0.677. The van der Waals surface area contributed by atoms with E-state index in [1.165, 1.54) is 18.2 Å². The van der Waals surface area contributed by atoms with Crippen molar-refractivity contribution in [2.45, 2.75) is 6.92 Å². The highest BCUT2D eigenvalue weighted by molar-refractivity contribution is 5.97. The first-order chi connectivity index (χ1) is 7.00. The molecule has 5 nitrogen and oxygen atoms in total. The lowest BCUT2D eigenvalue weighted by molar-refractivity contribution is -0.135. The Bertz CT molecular complexity index is 400. The lowest BCUT2D eigenvalue weighted by atomic mass is 10.1. The Hall–Kier alpha value is -2.04. The van der Waals surface area contributed by atoms with E-state index in [0.29, 0.717) is 11.1 Å². The third-order valence-corrected chi connectivity index (χ3v) is 1.85. The summed E-state index contributed by atoms with van der Waals surface area (Å²) < 4.78 is 0. The van der Waals surface area contributed by atoms with E-state index in [9.17, 15) is 9.59 Å². The number of carboxylic acid groups (broad SMARTS) is 1. The second-order valence-corrected chi connectivity index (χ2v) is 3.08. The van der Waals surface area contributed by atoms with Crippen LogP contribution in [0.1, 0.15) is 15.9 Å². The SMILES string of the molecule is Cc1cc(O)ccc1C(=O)NCC(=O)O. The first kappa shape index (κ1) is 11.0. The minimum atomic E-state index is -1.10. The van der Waals surface area contributed by atoms with Crippen LogP contribution in [0, 0.1) is 6.92 Å². The number of carbonyl (C=O) groups excluding carboxylic acids is 1. The number of carboxylic acids is 1. The Kier molecular flexibility index (Phi) is 3.28. The zero-order valence-electron chi connectivity index (χ0n) is 8.15. The van der Waals surface area contributed by atoms with Crippen molar-refractivity contribution in [3.8, 4) is 5.75 Å². The number of aryl methyl sites for hydroxylation is 1. The number of aromatic hydroxyl groups is 1. The van der Waals surface area contributed by atoms with Crippen LogP contribution in [-0.2, 0) is 4.79 Å². The number of phenolic OH excluding ortho intramolecular Hbond substituents is 1. The van der Waals surface area contributed by atoms with Gasteiger partial charge in [-0.05, 0) is 30.7 Å². The number of carbonyl (C=O) groups is 2. The Morgan fingerprint density at radius 2 is 2.07 bits per heavy atom. The highest BCUT2D eigenvalue weighted by atomic mass is 16.4. The summed E-state index contributed by atoms with van der Waals surface area (Å²) in [6, 6.07) is 4.26. The van der Waals surface area contributed by atoms with E-state index in [1.54, 1.807) is 6.92 Å². The summed E-state index contributed by atoms with van der Waals surface area (Å²) in [5.41, 5.74) is 0.951. The molecule has 0 aliphatic heterocycles. The van der Waals surface area contributed by atoms with Crippen molar-refractivity contribution in [2.75, 3.05) is 6.54 Å². The number of hydrogen-bond donors (Lipinski definition) is 3. The van der Waals surface area contributed by atoms with Gasteiger partial charge in [-0.15, -0.1) is 0 Å². The van der Waals surface area contributed by atoms with Gasteiger partial charge in [0.25, 0.3) is 5.91 Å². The molecule has 0 heterocycles. The molecule has 3 N–H and O–H groups in total. The van der Waals surface area contributed by atoms with E-state index in [1.807, 2.05) is 0 Å². The predicted molar refractivity (Wildman–Crippen MR) is 52.8 cm³/mol. The summed E-state index contributed by atoms with van der Waals surface area (Å²) in [5, 5.41) is 19.7. The average molecular weight is 209 g/mol. The van der Waals surface area contributed by atoms with Crippen LogP contribution < -0.4 is 5.32 Å². The molecule has 0 aromatic heterocycles. The number of rotatable bonds is 3.